The molecule has 1 atom stereocenters. The van der Waals surface area contributed by atoms with Gasteiger partial charge in [0.25, 0.3) is 5.91 Å². The van der Waals surface area contributed by atoms with Crippen molar-refractivity contribution in [2.45, 2.75) is 32.8 Å². The number of aliphatic hydroxyl groups is 1. The molecule has 0 radical (unpaired) electrons. The van der Waals surface area contributed by atoms with E-state index in [1.807, 2.05) is 4.90 Å². The Morgan fingerprint density at radius 1 is 1.60 bits per heavy atom. The number of carbonyl (C=O) groups is 1. The minimum Gasteiger partial charge on any atom is -0.396 e. The van der Waals surface area contributed by atoms with E-state index in [0.717, 1.165) is 6.54 Å². The predicted octanol–water partition coefficient (Wildman–Crippen LogP) is 0.642. The van der Waals surface area contributed by atoms with E-state index in [0.29, 0.717) is 31.9 Å². The van der Waals surface area contributed by atoms with Gasteiger partial charge in [-0.1, -0.05) is 13.8 Å². The summed E-state index contributed by atoms with van der Waals surface area (Å²) in [6.45, 7) is 6.45. The monoisotopic (exact) mass is 215 g/mol. The van der Waals surface area contributed by atoms with E-state index in [-0.39, 0.29) is 18.6 Å². The molecule has 0 bridgehead atoms. The molecule has 1 rings (SSSR count). The molecule has 1 amide bonds. The topological polar surface area (TPSA) is 49.8 Å². The molecule has 1 fully saturated rings. The van der Waals surface area contributed by atoms with Gasteiger partial charge in [0.1, 0.15) is 6.10 Å². The van der Waals surface area contributed by atoms with Gasteiger partial charge >= 0.3 is 0 Å². The second kappa shape index (κ2) is 6.08. The summed E-state index contributed by atoms with van der Waals surface area (Å²) >= 11 is 0. The zero-order valence-electron chi connectivity index (χ0n) is 9.61. The first-order chi connectivity index (χ1) is 7.15. The molecule has 0 spiro atoms. The molecule has 1 unspecified atom stereocenters. The van der Waals surface area contributed by atoms with Crippen LogP contribution in [0.1, 0.15) is 26.7 Å². The number of amides is 1. The Morgan fingerprint density at radius 3 is 2.93 bits per heavy atom. The van der Waals surface area contributed by atoms with Gasteiger partial charge < -0.3 is 14.7 Å². The van der Waals surface area contributed by atoms with E-state index in [1.165, 1.54) is 0 Å². The Bertz CT molecular complexity index is 206. The summed E-state index contributed by atoms with van der Waals surface area (Å²) in [5.41, 5.74) is 0. The lowest BCUT2D eigenvalue weighted by Crippen LogP contribution is -2.48. The molecule has 1 saturated heterocycles. The van der Waals surface area contributed by atoms with Crippen molar-refractivity contribution in [3.63, 3.8) is 0 Å². The molecule has 1 heterocycles. The van der Waals surface area contributed by atoms with Gasteiger partial charge in [-0.15, -0.1) is 0 Å². The summed E-state index contributed by atoms with van der Waals surface area (Å²) in [5, 5.41) is 8.71. The fraction of sp³-hybridized carbons (Fsp3) is 0.909. The minimum absolute atomic E-state index is 0.0865. The van der Waals surface area contributed by atoms with Crippen LogP contribution in [0.3, 0.4) is 0 Å². The normalized spacial score (nSPS) is 22.5. The van der Waals surface area contributed by atoms with E-state index < -0.39 is 0 Å². The third-order valence-electron chi connectivity index (χ3n) is 2.48. The molecule has 88 valence electrons. The Kier molecular flexibility index (Phi) is 5.05. The van der Waals surface area contributed by atoms with Gasteiger partial charge in [-0.25, -0.2) is 0 Å². The van der Waals surface area contributed by atoms with Crippen LogP contribution >= 0.6 is 0 Å². The van der Waals surface area contributed by atoms with Crippen LogP contribution in [0.2, 0.25) is 0 Å². The molecule has 1 aliphatic heterocycles. The summed E-state index contributed by atoms with van der Waals surface area (Å²) in [6.07, 6.45) is 0.931. The van der Waals surface area contributed by atoms with Crippen LogP contribution in [0.25, 0.3) is 0 Å². The molecule has 0 saturated carbocycles. The third kappa shape index (κ3) is 3.80. The first-order valence-corrected chi connectivity index (χ1v) is 5.66. The molecule has 0 aromatic rings. The molecule has 4 nitrogen and oxygen atoms in total. The smallest absolute Gasteiger partial charge is 0.251 e. The van der Waals surface area contributed by atoms with Crippen molar-refractivity contribution in [2.75, 3.05) is 26.3 Å². The fourth-order valence-corrected chi connectivity index (χ4v) is 1.80. The van der Waals surface area contributed by atoms with Gasteiger partial charge in [-0.2, -0.15) is 0 Å². The largest absolute Gasteiger partial charge is 0.396 e. The van der Waals surface area contributed by atoms with Crippen molar-refractivity contribution in [1.29, 1.82) is 0 Å². The minimum atomic E-state index is -0.329. The molecule has 0 aliphatic carbocycles. The quantitative estimate of drug-likeness (QED) is 0.732. The van der Waals surface area contributed by atoms with Crippen LogP contribution in [0.5, 0.6) is 0 Å². The maximum Gasteiger partial charge on any atom is 0.251 e. The lowest BCUT2D eigenvalue weighted by Gasteiger charge is -2.33. The van der Waals surface area contributed by atoms with Crippen LogP contribution in [-0.2, 0) is 9.53 Å². The average Bonchev–Trinajstić information content (AvgIpc) is 2.19. The van der Waals surface area contributed by atoms with Crippen molar-refractivity contribution >= 4 is 5.91 Å². The van der Waals surface area contributed by atoms with E-state index >= 15 is 0 Å². The van der Waals surface area contributed by atoms with Crippen LogP contribution in [0.15, 0.2) is 0 Å². The van der Waals surface area contributed by atoms with Gasteiger partial charge in [0, 0.05) is 19.7 Å². The van der Waals surface area contributed by atoms with Crippen LogP contribution in [-0.4, -0.2) is 48.3 Å². The van der Waals surface area contributed by atoms with Gasteiger partial charge in [0.2, 0.25) is 0 Å². The zero-order chi connectivity index (χ0) is 11.3. The molecule has 0 aromatic heterocycles. The molecule has 4 heteroatoms. The van der Waals surface area contributed by atoms with Crippen LogP contribution in [0, 0.1) is 5.92 Å². The summed E-state index contributed by atoms with van der Waals surface area (Å²) in [6, 6.07) is 0. The van der Waals surface area contributed by atoms with Gasteiger partial charge in [0.05, 0.1) is 6.61 Å². The molecular formula is C11H21NO3. The maximum atomic E-state index is 11.9. The van der Waals surface area contributed by atoms with Gasteiger partial charge in [0.15, 0.2) is 0 Å². The summed E-state index contributed by atoms with van der Waals surface area (Å²) in [5.74, 6) is 0.578. The highest BCUT2D eigenvalue weighted by Crippen LogP contribution is 2.13. The Hall–Kier alpha value is -0.610. The summed E-state index contributed by atoms with van der Waals surface area (Å²) < 4.78 is 5.40. The standard InChI is InChI=1S/C11H21NO3/c1-9(2)8-12-5-7-15-10(11(12)14)4-3-6-13/h9-10,13H,3-8H2,1-2H3. The number of rotatable bonds is 5. The van der Waals surface area contributed by atoms with E-state index in [1.54, 1.807) is 0 Å². The Balaban J connectivity index is 2.43. The number of aliphatic hydroxyl groups excluding tert-OH is 1. The van der Waals surface area contributed by atoms with Crippen molar-refractivity contribution in [3.05, 3.63) is 0 Å². The first kappa shape index (κ1) is 12.5. The SMILES string of the molecule is CC(C)CN1CCOC(CCCO)C1=O. The number of hydrogen-bond donors (Lipinski definition) is 1. The second-order valence-corrected chi connectivity index (χ2v) is 4.40. The Morgan fingerprint density at radius 2 is 2.33 bits per heavy atom. The lowest BCUT2D eigenvalue weighted by atomic mass is 10.1. The van der Waals surface area contributed by atoms with Crippen LogP contribution < -0.4 is 0 Å². The maximum absolute atomic E-state index is 11.9. The third-order valence-corrected chi connectivity index (χ3v) is 2.48. The van der Waals surface area contributed by atoms with E-state index in [9.17, 15) is 4.79 Å². The van der Waals surface area contributed by atoms with E-state index in [4.69, 9.17) is 9.84 Å². The van der Waals surface area contributed by atoms with E-state index in [2.05, 4.69) is 13.8 Å². The summed E-state index contributed by atoms with van der Waals surface area (Å²) in [7, 11) is 0. The van der Waals surface area contributed by atoms with Crippen molar-refractivity contribution in [3.8, 4) is 0 Å². The highest BCUT2D eigenvalue weighted by molar-refractivity contribution is 5.81. The van der Waals surface area contributed by atoms with Crippen molar-refractivity contribution < 1.29 is 14.6 Å². The number of hydrogen-bond acceptors (Lipinski definition) is 3. The summed E-state index contributed by atoms with van der Waals surface area (Å²) in [4.78, 5) is 13.8. The average molecular weight is 215 g/mol. The van der Waals surface area contributed by atoms with Gasteiger partial charge in [-0.05, 0) is 18.8 Å². The molecular weight excluding hydrogens is 194 g/mol. The molecule has 1 aliphatic rings. The van der Waals surface area contributed by atoms with Crippen LogP contribution in [0.4, 0.5) is 0 Å². The second-order valence-electron chi connectivity index (χ2n) is 4.40. The number of nitrogens with zero attached hydrogens (tertiary/aromatic N) is 1. The zero-order valence-corrected chi connectivity index (χ0v) is 9.61. The number of morpholine rings is 1. The highest BCUT2D eigenvalue weighted by atomic mass is 16.5. The lowest BCUT2D eigenvalue weighted by molar-refractivity contribution is -0.154. The highest BCUT2D eigenvalue weighted by Gasteiger charge is 2.29. The fourth-order valence-electron chi connectivity index (χ4n) is 1.80. The number of carbonyl (C=O) groups excluding carboxylic acids is 1. The van der Waals surface area contributed by atoms with Gasteiger partial charge in [-0.3, -0.25) is 4.79 Å². The molecule has 0 aromatic carbocycles. The number of ether oxygens (including phenoxy) is 1. The predicted molar refractivity (Wildman–Crippen MR) is 57.5 cm³/mol. The van der Waals surface area contributed by atoms with Crippen molar-refractivity contribution in [2.24, 2.45) is 5.92 Å². The molecule has 15 heavy (non-hydrogen) atoms. The first-order valence-electron chi connectivity index (χ1n) is 5.66. The Labute approximate surface area is 91.2 Å². The molecule has 1 N–H and O–H groups in total. The van der Waals surface area contributed by atoms with Crippen molar-refractivity contribution in [1.82, 2.24) is 4.90 Å².